The third-order valence-electron chi connectivity index (χ3n) is 1.98. The quantitative estimate of drug-likeness (QED) is 0.619. The molecule has 0 aliphatic carbocycles. The zero-order chi connectivity index (χ0) is 10.1. The van der Waals surface area contributed by atoms with Crippen LogP contribution in [0.4, 0.5) is 0 Å². The first-order valence-electron chi connectivity index (χ1n) is 5.01. The summed E-state index contributed by atoms with van der Waals surface area (Å²) in [5, 5.41) is 8.96. The summed E-state index contributed by atoms with van der Waals surface area (Å²) in [5.41, 5.74) is 0. The molecule has 0 aromatic heterocycles. The zero-order valence-electron chi connectivity index (χ0n) is 8.58. The fraction of sp³-hybridized carbons (Fsp3) is 0.900. The van der Waals surface area contributed by atoms with Crippen LogP contribution in [0.2, 0.25) is 0 Å². The predicted octanol–water partition coefficient (Wildman–Crippen LogP) is 1.74. The maximum Gasteiger partial charge on any atom is 0.306 e. The van der Waals surface area contributed by atoms with Crippen LogP contribution >= 0.6 is 0 Å². The topological polar surface area (TPSA) is 46.5 Å². The summed E-state index contributed by atoms with van der Waals surface area (Å²) in [4.78, 5) is 11.0. The van der Waals surface area contributed by atoms with Gasteiger partial charge < -0.3 is 9.84 Å². The summed E-state index contributed by atoms with van der Waals surface area (Å²) >= 11 is 0. The van der Waals surface area contributed by atoms with Gasteiger partial charge in [-0.3, -0.25) is 4.79 Å². The number of hydrogen-bond acceptors (Lipinski definition) is 3. The normalized spacial score (nSPS) is 12.5. The van der Waals surface area contributed by atoms with Crippen LogP contribution in [0, 0.1) is 5.92 Å². The lowest BCUT2D eigenvalue weighted by molar-refractivity contribution is -0.144. The molecule has 0 spiro atoms. The Morgan fingerprint density at radius 1 is 1.46 bits per heavy atom. The van der Waals surface area contributed by atoms with Crippen molar-refractivity contribution in [2.45, 2.75) is 39.5 Å². The van der Waals surface area contributed by atoms with Crippen molar-refractivity contribution in [3.8, 4) is 0 Å². The Labute approximate surface area is 80.1 Å². The lowest BCUT2D eigenvalue weighted by Crippen LogP contribution is -2.14. The SMILES string of the molecule is CCCC[C@@H](CO)CC(=O)OCC. The molecular weight excluding hydrogens is 168 g/mol. The van der Waals surface area contributed by atoms with Gasteiger partial charge in [-0.05, 0) is 19.3 Å². The van der Waals surface area contributed by atoms with E-state index < -0.39 is 0 Å². The number of aliphatic hydroxyl groups excluding tert-OH is 1. The van der Waals surface area contributed by atoms with E-state index in [1.54, 1.807) is 6.92 Å². The first-order valence-corrected chi connectivity index (χ1v) is 5.01. The molecule has 0 aromatic carbocycles. The van der Waals surface area contributed by atoms with E-state index >= 15 is 0 Å². The molecule has 0 aromatic rings. The van der Waals surface area contributed by atoms with Crippen molar-refractivity contribution < 1.29 is 14.6 Å². The van der Waals surface area contributed by atoms with Crippen molar-refractivity contribution in [1.82, 2.24) is 0 Å². The van der Waals surface area contributed by atoms with Gasteiger partial charge in [0.2, 0.25) is 0 Å². The lowest BCUT2D eigenvalue weighted by atomic mass is 10.00. The Hall–Kier alpha value is -0.570. The van der Waals surface area contributed by atoms with Gasteiger partial charge in [0, 0.05) is 6.61 Å². The van der Waals surface area contributed by atoms with E-state index in [1.165, 1.54) is 0 Å². The van der Waals surface area contributed by atoms with Gasteiger partial charge in [-0.1, -0.05) is 19.8 Å². The van der Waals surface area contributed by atoms with Crippen LogP contribution in [-0.4, -0.2) is 24.3 Å². The molecule has 0 rings (SSSR count). The number of hydrogen-bond donors (Lipinski definition) is 1. The molecule has 0 saturated carbocycles. The fourth-order valence-corrected chi connectivity index (χ4v) is 1.21. The second kappa shape index (κ2) is 8.05. The van der Waals surface area contributed by atoms with Gasteiger partial charge in [-0.2, -0.15) is 0 Å². The van der Waals surface area contributed by atoms with Crippen LogP contribution < -0.4 is 0 Å². The van der Waals surface area contributed by atoms with E-state index in [-0.39, 0.29) is 18.5 Å². The van der Waals surface area contributed by atoms with Crippen LogP contribution in [0.25, 0.3) is 0 Å². The van der Waals surface area contributed by atoms with Crippen LogP contribution in [0.15, 0.2) is 0 Å². The van der Waals surface area contributed by atoms with E-state index in [9.17, 15) is 4.79 Å². The number of carbonyl (C=O) groups is 1. The van der Waals surface area contributed by atoms with Gasteiger partial charge >= 0.3 is 5.97 Å². The molecule has 0 fully saturated rings. The second-order valence-corrected chi connectivity index (χ2v) is 3.20. The Bertz CT molecular complexity index is 134. The first-order chi connectivity index (χ1) is 6.24. The average Bonchev–Trinajstić information content (AvgIpc) is 2.12. The molecule has 1 N–H and O–H groups in total. The van der Waals surface area contributed by atoms with Gasteiger partial charge in [-0.15, -0.1) is 0 Å². The highest BCUT2D eigenvalue weighted by molar-refractivity contribution is 5.69. The lowest BCUT2D eigenvalue weighted by Gasteiger charge is -2.11. The molecule has 3 heteroatoms. The van der Waals surface area contributed by atoms with Crippen LogP contribution in [0.5, 0.6) is 0 Å². The standard InChI is InChI=1S/C10H20O3/c1-3-5-6-9(8-11)7-10(12)13-4-2/h9,11H,3-8H2,1-2H3/t9-/m1/s1. The summed E-state index contributed by atoms with van der Waals surface area (Å²) in [6.07, 6.45) is 3.42. The maximum atomic E-state index is 11.0. The molecular formula is C10H20O3. The van der Waals surface area contributed by atoms with Gasteiger partial charge in [0.1, 0.15) is 0 Å². The van der Waals surface area contributed by atoms with E-state index in [0.717, 1.165) is 19.3 Å². The number of unbranched alkanes of at least 4 members (excludes halogenated alkanes) is 1. The van der Waals surface area contributed by atoms with Crippen LogP contribution in [0.1, 0.15) is 39.5 Å². The summed E-state index contributed by atoms with van der Waals surface area (Å²) in [6, 6.07) is 0. The van der Waals surface area contributed by atoms with Gasteiger partial charge in [0.15, 0.2) is 0 Å². The number of ether oxygens (including phenoxy) is 1. The predicted molar refractivity (Wildman–Crippen MR) is 51.4 cm³/mol. The molecule has 0 saturated heterocycles. The zero-order valence-corrected chi connectivity index (χ0v) is 8.58. The van der Waals surface area contributed by atoms with Crippen molar-refractivity contribution in [1.29, 1.82) is 0 Å². The second-order valence-electron chi connectivity index (χ2n) is 3.20. The maximum absolute atomic E-state index is 11.0. The highest BCUT2D eigenvalue weighted by Crippen LogP contribution is 2.12. The molecule has 78 valence electrons. The van der Waals surface area contributed by atoms with E-state index in [4.69, 9.17) is 9.84 Å². The van der Waals surface area contributed by atoms with Crippen molar-refractivity contribution in [3.63, 3.8) is 0 Å². The molecule has 0 aliphatic rings. The molecule has 3 nitrogen and oxygen atoms in total. The van der Waals surface area contributed by atoms with E-state index in [0.29, 0.717) is 13.0 Å². The Kier molecular flexibility index (Phi) is 7.69. The number of rotatable bonds is 7. The minimum absolute atomic E-state index is 0.0822. The van der Waals surface area contributed by atoms with Gasteiger partial charge in [-0.25, -0.2) is 0 Å². The third kappa shape index (κ3) is 6.58. The first kappa shape index (κ1) is 12.4. The molecule has 13 heavy (non-hydrogen) atoms. The summed E-state index contributed by atoms with van der Waals surface area (Å²) in [5.74, 6) is -0.114. The van der Waals surface area contributed by atoms with Gasteiger partial charge in [0.25, 0.3) is 0 Å². The average molecular weight is 188 g/mol. The minimum Gasteiger partial charge on any atom is -0.466 e. The monoisotopic (exact) mass is 188 g/mol. The fourth-order valence-electron chi connectivity index (χ4n) is 1.21. The van der Waals surface area contributed by atoms with Crippen molar-refractivity contribution >= 4 is 5.97 Å². The van der Waals surface area contributed by atoms with Crippen LogP contribution in [0.3, 0.4) is 0 Å². The van der Waals surface area contributed by atoms with Crippen molar-refractivity contribution in [2.75, 3.05) is 13.2 Å². The molecule has 0 amide bonds. The molecule has 1 atom stereocenters. The summed E-state index contributed by atoms with van der Waals surface area (Å²) < 4.78 is 4.80. The van der Waals surface area contributed by atoms with E-state index in [1.807, 2.05) is 0 Å². The molecule has 0 radical (unpaired) electrons. The minimum atomic E-state index is -0.197. The summed E-state index contributed by atoms with van der Waals surface area (Å²) in [6.45, 7) is 4.39. The number of esters is 1. The Morgan fingerprint density at radius 2 is 2.15 bits per heavy atom. The Morgan fingerprint density at radius 3 is 2.62 bits per heavy atom. The van der Waals surface area contributed by atoms with Crippen LogP contribution in [-0.2, 0) is 9.53 Å². The molecule has 0 unspecified atom stereocenters. The molecule has 0 aliphatic heterocycles. The highest BCUT2D eigenvalue weighted by atomic mass is 16.5. The molecule has 0 bridgehead atoms. The molecule has 0 heterocycles. The number of aliphatic hydroxyl groups is 1. The van der Waals surface area contributed by atoms with Crippen molar-refractivity contribution in [3.05, 3.63) is 0 Å². The van der Waals surface area contributed by atoms with Gasteiger partial charge in [0.05, 0.1) is 13.0 Å². The highest BCUT2D eigenvalue weighted by Gasteiger charge is 2.12. The smallest absolute Gasteiger partial charge is 0.306 e. The van der Waals surface area contributed by atoms with Crippen molar-refractivity contribution in [2.24, 2.45) is 5.92 Å². The summed E-state index contributed by atoms with van der Waals surface area (Å²) in [7, 11) is 0. The number of carbonyl (C=O) groups excluding carboxylic acids is 1. The Balaban J connectivity index is 3.62. The third-order valence-corrected chi connectivity index (χ3v) is 1.98. The largest absolute Gasteiger partial charge is 0.466 e. The van der Waals surface area contributed by atoms with E-state index in [2.05, 4.69) is 6.92 Å².